The van der Waals surface area contributed by atoms with Crippen LogP contribution in [-0.4, -0.2) is 37.6 Å². The summed E-state index contributed by atoms with van der Waals surface area (Å²) in [5, 5.41) is -0.453. The van der Waals surface area contributed by atoms with E-state index in [0.29, 0.717) is 18.8 Å². The highest BCUT2D eigenvalue weighted by atomic mass is 32.2. The van der Waals surface area contributed by atoms with Crippen molar-refractivity contribution < 1.29 is 17.6 Å². The number of carbonyl (C=O) groups is 1. The Morgan fingerprint density at radius 3 is 2.55 bits per heavy atom. The van der Waals surface area contributed by atoms with Crippen LogP contribution in [0.15, 0.2) is 22.8 Å². The van der Waals surface area contributed by atoms with E-state index in [2.05, 4.69) is 0 Å². The van der Waals surface area contributed by atoms with Gasteiger partial charge in [0.25, 0.3) is 0 Å². The van der Waals surface area contributed by atoms with E-state index in [0.717, 1.165) is 12.8 Å². The van der Waals surface area contributed by atoms with Crippen molar-refractivity contribution in [3.8, 4) is 0 Å². The minimum absolute atomic E-state index is 0.0173. The molecule has 0 aliphatic carbocycles. The first-order valence-corrected chi connectivity index (χ1v) is 8.72. The number of sulfone groups is 1. The minimum Gasteiger partial charge on any atom is -0.468 e. The van der Waals surface area contributed by atoms with Crippen molar-refractivity contribution in [3.63, 3.8) is 0 Å². The van der Waals surface area contributed by atoms with Crippen LogP contribution >= 0.6 is 0 Å². The SMILES string of the molecule is CCC(CC)C(=O)N1CC(S(=O)(=O)Cc2ccco2)C1. The molecular weight excluding hydrogens is 278 g/mol. The fraction of sp³-hybridized carbons (Fsp3) is 0.643. The van der Waals surface area contributed by atoms with Crippen molar-refractivity contribution in [2.45, 2.75) is 37.7 Å². The molecule has 1 aromatic rings. The molecule has 1 aliphatic rings. The summed E-state index contributed by atoms with van der Waals surface area (Å²) in [6.45, 7) is 4.60. The van der Waals surface area contributed by atoms with Gasteiger partial charge in [-0.25, -0.2) is 8.42 Å². The largest absolute Gasteiger partial charge is 0.468 e. The maximum absolute atomic E-state index is 12.2. The number of rotatable bonds is 6. The van der Waals surface area contributed by atoms with E-state index in [1.54, 1.807) is 17.0 Å². The van der Waals surface area contributed by atoms with Crippen LogP contribution in [0.3, 0.4) is 0 Å². The van der Waals surface area contributed by atoms with Gasteiger partial charge >= 0.3 is 0 Å². The molecule has 112 valence electrons. The Morgan fingerprint density at radius 2 is 2.05 bits per heavy atom. The summed E-state index contributed by atoms with van der Waals surface area (Å²) in [5.74, 6) is 0.468. The molecule has 0 unspecified atom stereocenters. The Kier molecular flexibility index (Phi) is 4.52. The van der Waals surface area contributed by atoms with Crippen molar-refractivity contribution in [2.24, 2.45) is 5.92 Å². The maximum atomic E-state index is 12.2. The molecule has 0 saturated carbocycles. The lowest BCUT2D eigenvalue weighted by Crippen LogP contribution is -2.58. The quantitative estimate of drug-likeness (QED) is 0.804. The summed E-state index contributed by atoms with van der Waals surface area (Å²) in [6.07, 6.45) is 3.07. The van der Waals surface area contributed by atoms with Gasteiger partial charge in [0, 0.05) is 19.0 Å². The topological polar surface area (TPSA) is 67.6 Å². The summed E-state index contributed by atoms with van der Waals surface area (Å²) >= 11 is 0. The third-order valence-electron chi connectivity index (χ3n) is 3.93. The van der Waals surface area contributed by atoms with Gasteiger partial charge in [0.1, 0.15) is 11.5 Å². The van der Waals surface area contributed by atoms with Gasteiger partial charge < -0.3 is 9.32 Å². The van der Waals surface area contributed by atoms with Gasteiger partial charge in [0.15, 0.2) is 9.84 Å². The highest BCUT2D eigenvalue weighted by molar-refractivity contribution is 7.91. The molecular formula is C14H21NO4S. The smallest absolute Gasteiger partial charge is 0.225 e. The average molecular weight is 299 g/mol. The van der Waals surface area contributed by atoms with Gasteiger partial charge in [-0.1, -0.05) is 13.8 Å². The van der Waals surface area contributed by atoms with E-state index in [4.69, 9.17) is 4.42 Å². The van der Waals surface area contributed by atoms with Crippen molar-refractivity contribution in [2.75, 3.05) is 13.1 Å². The third kappa shape index (κ3) is 3.06. The lowest BCUT2D eigenvalue weighted by atomic mass is 10.00. The molecule has 0 spiro atoms. The van der Waals surface area contributed by atoms with Crippen LogP contribution in [0.5, 0.6) is 0 Å². The lowest BCUT2D eigenvalue weighted by molar-refractivity contribution is -0.139. The normalized spacial score (nSPS) is 16.4. The number of nitrogens with zero attached hydrogens (tertiary/aromatic N) is 1. The zero-order valence-corrected chi connectivity index (χ0v) is 12.7. The Labute approximate surface area is 119 Å². The van der Waals surface area contributed by atoms with E-state index < -0.39 is 15.1 Å². The molecule has 0 N–H and O–H groups in total. The molecule has 2 heterocycles. The second-order valence-electron chi connectivity index (χ2n) is 5.27. The van der Waals surface area contributed by atoms with Gasteiger partial charge in [-0.15, -0.1) is 0 Å². The van der Waals surface area contributed by atoms with Crippen LogP contribution in [-0.2, 0) is 20.4 Å². The first-order chi connectivity index (χ1) is 9.47. The van der Waals surface area contributed by atoms with Gasteiger partial charge in [0.2, 0.25) is 5.91 Å². The molecule has 0 aromatic carbocycles. The third-order valence-corrected chi connectivity index (χ3v) is 5.93. The van der Waals surface area contributed by atoms with Crippen molar-refractivity contribution in [1.29, 1.82) is 0 Å². The number of amides is 1. The second-order valence-corrected chi connectivity index (χ2v) is 7.55. The Morgan fingerprint density at radius 1 is 1.40 bits per heavy atom. The molecule has 0 radical (unpaired) electrons. The molecule has 1 amide bonds. The van der Waals surface area contributed by atoms with E-state index in [9.17, 15) is 13.2 Å². The Bertz CT molecular complexity index is 540. The Hall–Kier alpha value is -1.30. The average Bonchev–Trinajstić information content (AvgIpc) is 2.80. The highest BCUT2D eigenvalue weighted by Crippen LogP contribution is 2.24. The van der Waals surface area contributed by atoms with Crippen molar-refractivity contribution in [1.82, 2.24) is 4.90 Å². The highest BCUT2D eigenvalue weighted by Gasteiger charge is 2.41. The first kappa shape index (κ1) is 15.1. The molecule has 6 heteroatoms. The maximum Gasteiger partial charge on any atom is 0.225 e. The molecule has 1 aliphatic heterocycles. The fourth-order valence-corrected chi connectivity index (χ4v) is 4.06. The lowest BCUT2D eigenvalue weighted by Gasteiger charge is -2.40. The first-order valence-electron chi connectivity index (χ1n) is 7.00. The second kappa shape index (κ2) is 5.99. The molecule has 0 atom stereocenters. The number of hydrogen-bond donors (Lipinski definition) is 0. The van der Waals surface area contributed by atoms with Gasteiger partial charge in [-0.3, -0.25) is 4.79 Å². The summed E-state index contributed by atoms with van der Waals surface area (Å²) in [6, 6.07) is 3.33. The molecule has 5 nitrogen and oxygen atoms in total. The van der Waals surface area contributed by atoms with Crippen LogP contribution in [0.25, 0.3) is 0 Å². The zero-order chi connectivity index (χ0) is 14.8. The molecule has 1 saturated heterocycles. The van der Waals surface area contributed by atoms with Crippen molar-refractivity contribution in [3.05, 3.63) is 24.2 Å². The number of likely N-dealkylation sites (tertiary alicyclic amines) is 1. The van der Waals surface area contributed by atoms with Crippen LogP contribution in [0, 0.1) is 5.92 Å². The summed E-state index contributed by atoms with van der Waals surface area (Å²) in [7, 11) is -3.24. The van der Waals surface area contributed by atoms with Crippen LogP contribution in [0.4, 0.5) is 0 Å². The molecule has 1 aromatic heterocycles. The Balaban J connectivity index is 1.91. The minimum atomic E-state index is -3.24. The van der Waals surface area contributed by atoms with E-state index in [1.165, 1.54) is 6.26 Å². The van der Waals surface area contributed by atoms with Crippen LogP contribution < -0.4 is 0 Å². The van der Waals surface area contributed by atoms with Gasteiger partial charge in [0.05, 0.1) is 11.5 Å². The van der Waals surface area contributed by atoms with Gasteiger partial charge in [-0.05, 0) is 25.0 Å². The van der Waals surface area contributed by atoms with E-state index in [1.807, 2.05) is 13.8 Å². The monoisotopic (exact) mass is 299 g/mol. The van der Waals surface area contributed by atoms with Crippen LogP contribution in [0.2, 0.25) is 0 Å². The predicted octanol–water partition coefficient (Wildman–Crippen LogP) is 1.84. The van der Waals surface area contributed by atoms with E-state index >= 15 is 0 Å². The van der Waals surface area contributed by atoms with Gasteiger partial charge in [-0.2, -0.15) is 0 Å². The summed E-state index contributed by atoms with van der Waals surface area (Å²) in [5.41, 5.74) is 0. The molecule has 2 rings (SSSR count). The number of carbonyl (C=O) groups excluding carboxylic acids is 1. The molecule has 20 heavy (non-hydrogen) atoms. The summed E-state index contributed by atoms with van der Waals surface area (Å²) < 4.78 is 29.4. The molecule has 1 fully saturated rings. The number of furan rings is 1. The summed E-state index contributed by atoms with van der Waals surface area (Å²) in [4.78, 5) is 13.7. The molecule has 0 bridgehead atoms. The fourth-order valence-electron chi connectivity index (χ4n) is 2.45. The zero-order valence-electron chi connectivity index (χ0n) is 11.9. The number of hydrogen-bond acceptors (Lipinski definition) is 4. The standard InChI is InChI=1S/C14H21NO4S/c1-3-11(4-2)14(16)15-8-13(9-15)20(17,18)10-12-6-5-7-19-12/h5-7,11,13H,3-4,8-10H2,1-2H3. The van der Waals surface area contributed by atoms with Crippen LogP contribution in [0.1, 0.15) is 32.4 Å². The van der Waals surface area contributed by atoms with Crippen molar-refractivity contribution >= 4 is 15.7 Å². The van der Waals surface area contributed by atoms with E-state index in [-0.39, 0.29) is 17.6 Å². The predicted molar refractivity (Wildman–Crippen MR) is 75.8 cm³/mol.